The van der Waals surface area contributed by atoms with Gasteiger partial charge in [0.05, 0.1) is 4.90 Å². The van der Waals surface area contributed by atoms with Gasteiger partial charge in [-0.3, -0.25) is 4.79 Å². The molecule has 2 aromatic rings. The van der Waals surface area contributed by atoms with Crippen LogP contribution in [0.2, 0.25) is 0 Å². The Kier molecular flexibility index (Phi) is 7.37. The average Bonchev–Trinajstić information content (AvgIpc) is 3.20. The van der Waals surface area contributed by atoms with Gasteiger partial charge in [-0.2, -0.15) is 0 Å². The summed E-state index contributed by atoms with van der Waals surface area (Å²) in [7, 11) is -3.69. The molecular formula is C21H26N2O7S. The quantitative estimate of drug-likeness (QED) is 0.498. The molecule has 10 heteroatoms. The van der Waals surface area contributed by atoms with Crippen molar-refractivity contribution in [2.75, 3.05) is 26.5 Å². The van der Waals surface area contributed by atoms with E-state index < -0.39 is 16.1 Å². The van der Waals surface area contributed by atoms with Crippen LogP contribution in [0, 0.1) is 13.8 Å². The Hall–Kier alpha value is -2.82. The van der Waals surface area contributed by atoms with Gasteiger partial charge in [-0.1, -0.05) is 6.07 Å². The number of aliphatic hydroxyl groups is 1. The largest absolute Gasteiger partial charge is 0.491 e. The maximum Gasteiger partial charge on any atom is 0.240 e. The van der Waals surface area contributed by atoms with Gasteiger partial charge in [-0.15, -0.1) is 0 Å². The second-order valence-electron chi connectivity index (χ2n) is 7.18. The number of hydrogen-bond donors (Lipinski definition) is 3. The number of aryl methyl sites for hydroxylation is 2. The zero-order chi connectivity index (χ0) is 22.4. The molecule has 9 nitrogen and oxygen atoms in total. The first kappa shape index (κ1) is 22.9. The Morgan fingerprint density at radius 1 is 1.13 bits per heavy atom. The fourth-order valence-corrected chi connectivity index (χ4v) is 3.92. The zero-order valence-corrected chi connectivity index (χ0v) is 18.2. The van der Waals surface area contributed by atoms with Crippen molar-refractivity contribution in [3.63, 3.8) is 0 Å². The van der Waals surface area contributed by atoms with E-state index in [2.05, 4.69) is 10.0 Å². The van der Waals surface area contributed by atoms with Gasteiger partial charge in [0.2, 0.25) is 22.7 Å². The van der Waals surface area contributed by atoms with Gasteiger partial charge < -0.3 is 24.6 Å². The van der Waals surface area contributed by atoms with E-state index >= 15 is 0 Å². The lowest BCUT2D eigenvalue weighted by molar-refractivity contribution is -0.121. The number of amides is 1. The summed E-state index contributed by atoms with van der Waals surface area (Å²) in [6.07, 6.45) is -0.985. The Bertz CT molecular complexity index is 1040. The van der Waals surface area contributed by atoms with Crippen LogP contribution in [0.5, 0.6) is 17.2 Å². The van der Waals surface area contributed by atoms with Gasteiger partial charge in [0.15, 0.2) is 11.5 Å². The minimum Gasteiger partial charge on any atom is -0.491 e. The molecule has 168 valence electrons. The van der Waals surface area contributed by atoms with Crippen molar-refractivity contribution in [3.05, 3.63) is 47.5 Å². The van der Waals surface area contributed by atoms with Crippen LogP contribution < -0.4 is 24.2 Å². The summed E-state index contributed by atoms with van der Waals surface area (Å²) < 4.78 is 43.0. The van der Waals surface area contributed by atoms with E-state index in [0.29, 0.717) is 17.2 Å². The van der Waals surface area contributed by atoms with Gasteiger partial charge >= 0.3 is 0 Å². The maximum absolute atomic E-state index is 12.3. The molecule has 0 spiro atoms. The standard InChI is InChI=1S/C21H26N2O7S/c1-14-3-5-18(9-15(14)2)31(26,27)23-8-7-21(25)22-11-16(24)12-28-17-4-6-19-20(10-17)30-13-29-19/h3-6,9-10,16,23-24H,7-8,11-13H2,1-2H3,(H,22,25). The number of aliphatic hydroxyl groups excluding tert-OH is 1. The van der Waals surface area contributed by atoms with E-state index in [-0.39, 0.29) is 43.7 Å². The van der Waals surface area contributed by atoms with Gasteiger partial charge in [0, 0.05) is 25.6 Å². The number of carbonyl (C=O) groups excluding carboxylic acids is 1. The second-order valence-corrected chi connectivity index (χ2v) is 8.94. The van der Waals surface area contributed by atoms with Crippen LogP contribution in [0.4, 0.5) is 0 Å². The highest BCUT2D eigenvalue weighted by atomic mass is 32.2. The van der Waals surface area contributed by atoms with E-state index in [1.54, 1.807) is 30.3 Å². The van der Waals surface area contributed by atoms with Crippen molar-refractivity contribution >= 4 is 15.9 Å². The van der Waals surface area contributed by atoms with Crippen LogP contribution in [0.25, 0.3) is 0 Å². The minimum absolute atomic E-state index is 0.0205. The van der Waals surface area contributed by atoms with Gasteiger partial charge in [0.1, 0.15) is 18.5 Å². The molecular weight excluding hydrogens is 424 g/mol. The van der Waals surface area contributed by atoms with Crippen molar-refractivity contribution in [2.24, 2.45) is 0 Å². The van der Waals surface area contributed by atoms with Crippen molar-refractivity contribution in [1.82, 2.24) is 10.0 Å². The fourth-order valence-electron chi connectivity index (χ4n) is 2.80. The van der Waals surface area contributed by atoms with Crippen LogP contribution in [-0.4, -0.2) is 52.0 Å². The third-order valence-corrected chi connectivity index (χ3v) is 6.21. The Balaban J connectivity index is 1.36. The molecule has 1 heterocycles. The molecule has 2 aromatic carbocycles. The third-order valence-electron chi connectivity index (χ3n) is 4.75. The van der Waals surface area contributed by atoms with Gasteiger partial charge in [0.25, 0.3) is 0 Å². The maximum atomic E-state index is 12.3. The second kappa shape index (κ2) is 9.99. The number of sulfonamides is 1. The summed E-state index contributed by atoms with van der Waals surface area (Å²) in [5.74, 6) is 1.33. The molecule has 0 fully saturated rings. The molecule has 0 saturated carbocycles. The minimum atomic E-state index is -3.69. The molecule has 0 saturated heterocycles. The van der Waals surface area contributed by atoms with Crippen molar-refractivity contribution in [2.45, 2.75) is 31.3 Å². The monoisotopic (exact) mass is 450 g/mol. The highest BCUT2D eigenvalue weighted by Crippen LogP contribution is 2.35. The van der Waals surface area contributed by atoms with Crippen molar-refractivity contribution in [1.29, 1.82) is 0 Å². The number of ether oxygens (including phenoxy) is 3. The van der Waals surface area contributed by atoms with Crippen molar-refractivity contribution < 1.29 is 32.5 Å². The molecule has 0 aromatic heterocycles. The third kappa shape index (κ3) is 6.33. The van der Waals surface area contributed by atoms with Crippen molar-refractivity contribution in [3.8, 4) is 17.2 Å². The molecule has 3 rings (SSSR count). The van der Waals surface area contributed by atoms with Crippen LogP contribution in [0.1, 0.15) is 17.5 Å². The zero-order valence-electron chi connectivity index (χ0n) is 17.4. The lowest BCUT2D eigenvalue weighted by Crippen LogP contribution is -2.37. The number of fused-ring (bicyclic) bond motifs is 1. The fraction of sp³-hybridized carbons (Fsp3) is 0.381. The normalized spacial score (nSPS) is 13.6. The Morgan fingerprint density at radius 2 is 1.90 bits per heavy atom. The molecule has 1 aliphatic heterocycles. The molecule has 3 N–H and O–H groups in total. The molecule has 1 unspecified atom stereocenters. The summed E-state index contributed by atoms with van der Waals surface area (Å²) in [5.41, 5.74) is 1.87. The predicted molar refractivity (Wildman–Crippen MR) is 113 cm³/mol. The van der Waals surface area contributed by atoms with Gasteiger partial charge in [-0.25, -0.2) is 13.1 Å². The molecule has 0 bridgehead atoms. The summed E-state index contributed by atoms with van der Waals surface area (Å²) in [4.78, 5) is 12.1. The first-order valence-electron chi connectivity index (χ1n) is 9.79. The number of carbonyl (C=O) groups is 1. The Labute approximate surface area is 181 Å². The van der Waals surface area contributed by atoms with E-state index in [1.807, 2.05) is 13.8 Å². The molecule has 1 amide bonds. The summed E-state index contributed by atoms with van der Waals surface area (Å²) in [6.45, 7) is 3.80. The molecule has 1 atom stereocenters. The summed E-state index contributed by atoms with van der Waals surface area (Å²) >= 11 is 0. The number of benzene rings is 2. The topological polar surface area (TPSA) is 123 Å². The molecule has 0 radical (unpaired) electrons. The highest BCUT2D eigenvalue weighted by molar-refractivity contribution is 7.89. The van der Waals surface area contributed by atoms with E-state index in [0.717, 1.165) is 11.1 Å². The number of hydrogen-bond acceptors (Lipinski definition) is 7. The predicted octanol–water partition coefficient (Wildman–Crippen LogP) is 1.26. The lowest BCUT2D eigenvalue weighted by atomic mass is 10.1. The first-order valence-corrected chi connectivity index (χ1v) is 11.3. The number of nitrogens with one attached hydrogen (secondary N) is 2. The lowest BCUT2D eigenvalue weighted by Gasteiger charge is -2.14. The Morgan fingerprint density at radius 3 is 2.68 bits per heavy atom. The van der Waals surface area contributed by atoms with E-state index in [4.69, 9.17) is 14.2 Å². The average molecular weight is 451 g/mol. The van der Waals surface area contributed by atoms with Gasteiger partial charge in [-0.05, 0) is 49.2 Å². The molecule has 1 aliphatic rings. The molecule has 0 aliphatic carbocycles. The number of rotatable bonds is 10. The summed E-state index contributed by atoms with van der Waals surface area (Å²) in [6, 6.07) is 9.93. The van der Waals surface area contributed by atoms with E-state index in [9.17, 15) is 18.3 Å². The van der Waals surface area contributed by atoms with Crippen LogP contribution >= 0.6 is 0 Å². The SMILES string of the molecule is Cc1ccc(S(=O)(=O)NCCC(=O)NCC(O)COc2ccc3c(c2)OCO3)cc1C. The highest BCUT2D eigenvalue weighted by Gasteiger charge is 2.16. The smallest absolute Gasteiger partial charge is 0.240 e. The van der Waals surface area contributed by atoms with Crippen LogP contribution in [0.3, 0.4) is 0 Å². The molecule has 31 heavy (non-hydrogen) atoms. The van der Waals surface area contributed by atoms with Crippen LogP contribution in [0.15, 0.2) is 41.3 Å². The summed E-state index contributed by atoms with van der Waals surface area (Å²) in [5, 5.41) is 12.6. The van der Waals surface area contributed by atoms with E-state index in [1.165, 1.54) is 6.07 Å². The van der Waals surface area contributed by atoms with Crippen LogP contribution in [-0.2, 0) is 14.8 Å². The first-order chi connectivity index (χ1) is 14.7.